The minimum Gasteiger partial charge on any atom is -0.508 e. The lowest BCUT2D eigenvalue weighted by molar-refractivity contribution is 0.280. The summed E-state index contributed by atoms with van der Waals surface area (Å²) < 4.78 is 0. The van der Waals surface area contributed by atoms with Crippen LogP contribution < -0.4 is 0 Å². The van der Waals surface area contributed by atoms with E-state index < -0.39 is 0 Å². The molecule has 1 aliphatic carbocycles. The highest BCUT2D eigenvalue weighted by atomic mass is 16.3. The van der Waals surface area contributed by atoms with Gasteiger partial charge in [0.2, 0.25) is 0 Å². The number of aromatic hydroxyl groups is 1. The first kappa shape index (κ1) is 12.2. The number of phenolic OH excluding ortho intramolecular Hbond substituents is 1. The first-order valence-corrected chi connectivity index (χ1v) is 6.46. The van der Waals surface area contributed by atoms with Gasteiger partial charge in [0.25, 0.3) is 0 Å². The van der Waals surface area contributed by atoms with E-state index in [9.17, 15) is 5.11 Å². The Kier molecular flexibility index (Phi) is 3.28. The summed E-state index contributed by atoms with van der Waals surface area (Å²) in [5, 5.41) is 10.0. The highest BCUT2D eigenvalue weighted by Crippen LogP contribution is 2.43. The lowest BCUT2D eigenvalue weighted by Gasteiger charge is -2.37. The maximum atomic E-state index is 10.0. The third-order valence-corrected chi connectivity index (χ3v) is 4.20. The summed E-state index contributed by atoms with van der Waals surface area (Å²) in [6.07, 6.45) is 5.89. The van der Waals surface area contributed by atoms with Gasteiger partial charge in [-0.2, -0.15) is 0 Å². The molecule has 0 amide bonds. The van der Waals surface area contributed by atoms with Crippen molar-refractivity contribution >= 4 is 0 Å². The van der Waals surface area contributed by atoms with Gasteiger partial charge in [0.15, 0.2) is 0 Å². The van der Waals surface area contributed by atoms with Crippen LogP contribution in [-0.2, 0) is 5.41 Å². The lowest BCUT2D eigenvalue weighted by atomic mass is 9.67. The zero-order valence-electron chi connectivity index (χ0n) is 11.0. The Morgan fingerprint density at radius 3 is 2.59 bits per heavy atom. The summed E-state index contributed by atoms with van der Waals surface area (Å²) in [5.74, 6) is 1.06. The van der Waals surface area contributed by atoms with Gasteiger partial charge in [-0.25, -0.2) is 0 Å². The Morgan fingerprint density at radius 2 is 1.94 bits per heavy atom. The monoisotopic (exact) mass is 230 g/mol. The summed E-state index contributed by atoms with van der Waals surface area (Å²) in [6, 6.07) is 7.76. The molecule has 1 nitrogen and oxygen atoms in total. The molecule has 1 aromatic carbocycles. The largest absolute Gasteiger partial charge is 0.508 e. The van der Waals surface area contributed by atoms with E-state index in [0.717, 1.165) is 12.0 Å². The summed E-state index contributed by atoms with van der Waals surface area (Å²) in [7, 11) is 0. The molecule has 1 aromatic rings. The van der Waals surface area contributed by atoms with Crippen LogP contribution in [-0.4, -0.2) is 5.11 Å². The van der Waals surface area contributed by atoms with Crippen LogP contribution in [0.25, 0.3) is 0 Å². The van der Waals surface area contributed by atoms with Crippen LogP contribution in [0.2, 0.25) is 0 Å². The fourth-order valence-corrected chi connectivity index (χ4v) is 2.96. The van der Waals surface area contributed by atoms with Crippen molar-refractivity contribution in [3.8, 4) is 5.75 Å². The molecule has 0 heterocycles. The minimum atomic E-state index is 0.0425. The van der Waals surface area contributed by atoms with Crippen molar-refractivity contribution < 1.29 is 5.11 Å². The van der Waals surface area contributed by atoms with E-state index in [1.54, 1.807) is 6.07 Å². The van der Waals surface area contributed by atoms with Crippen molar-refractivity contribution in [2.24, 2.45) is 5.92 Å². The van der Waals surface area contributed by atoms with Gasteiger partial charge in [-0.05, 0) is 49.1 Å². The SMILES string of the molecule is CC1=CCCC(C(C)(C)c2ccccc2O)C1. The van der Waals surface area contributed by atoms with E-state index in [2.05, 4.69) is 32.9 Å². The molecular weight excluding hydrogens is 208 g/mol. The maximum Gasteiger partial charge on any atom is 0.119 e. The predicted octanol–water partition coefficient (Wildman–Crippen LogP) is 4.42. The average molecular weight is 230 g/mol. The number of para-hydroxylation sites is 1. The standard InChI is InChI=1S/C16H22O/c1-12-7-6-8-13(11-12)16(2,3)14-9-4-5-10-15(14)17/h4-5,7,9-10,13,17H,6,8,11H2,1-3H3. The van der Waals surface area contributed by atoms with Crippen LogP contribution in [0.15, 0.2) is 35.9 Å². The van der Waals surface area contributed by atoms with E-state index in [0.29, 0.717) is 11.7 Å². The number of hydrogen-bond acceptors (Lipinski definition) is 1. The van der Waals surface area contributed by atoms with E-state index in [4.69, 9.17) is 0 Å². The van der Waals surface area contributed by atoms with E-state index in [-0.39, 0.29) is 5.41 Å². The van der Waals surface area contributed by atoms with Gasteiger partial charge in [0.1, 0.15) is 5.75 Å². The quantitative estimate of drug-likeness (QED) is 0.746. The van der Waals surface area contributed by atoms with Crippen LogP contribution in [0.3, 0.4) is 0 Å². The lowest BCUT2D eigenvalue weighted by Crippen LogP contribution is -2.30. The second-order valence-electron chi connectivity index (χ2n) is 5.77. The van der Waals surface area contributed by atoms with E-state index >= 15 is 0 Å². The zero-order chi connectivity index (χ0) is 12.5. The van der Waals surface area contributed by atoms with Gasteiger partial charge < -0.3 is 5.11 Å². The molecule has 0 aliphatic heterocycles. The first-order chi connectivity index (χ1) is 8.01. The van der Waals surface area contributed by atoms with Gasteiger partial charge in [0, 0.05) is 0 Å². The van der Waals surface area contributed by atoms with Gasteiger partial charge in [0.05, 0.1) is 0 Å². The zero-order valence-corrected chi connectivity index (χ0v) is 11.0. The number of benzene rings is 1. The van der Waals surface area contributed by atoms with Crippen LogP contribution in [0.1, 0.15) is 45.6 Å². The molecule has 0 radical (unpaired) electrons. The van der Waals surface area contributed by atoms with Crippen molar-refractivity contribution in [2.45, 2.75) is 45.4 Å². The summed E-state index contributed by atoms with van der Waals surface area (Å²) in [4.78, 5) is 0. The van der Waals surface area contributed by atoms with Gasteiger partial charge in [-0.15, -0.1) is 0 Å². The molecule has 0 saturated heterocycles. The summed E-state index contributed by atoms with van der Waals surface area (Å²) in [6.45, 7) is 6.73. The minimum absolute atomic E-state index is 0.0425. The van der Waals surface area contributed by atoms with Crippen LogP contribution in [0.4, 0.5) is 0 Å². The molecular formula is C16H22O. The number of hydrogen-bond donors (Lipinski definition) is 1. The third kappa shape index (κ3) is 2.38. The Morgan fingerprint density at radius 1 is 1.24 bits per heavy atom. The Hall–Kier alpha value is -1.24. The van der Waals surface area contributed by atoms with Crippen molar-refractivity contribution in [3.63, 3.8) is 0 Å². The molecule has 0 fully saturated rings. The molecule has 17 heavy (non-hydrogen) atoms. The van der Waals surface area contributed by atoms with Crippen molar-refractivity contribution in [1.82, 2.24) is 0 Å². The normalized spacial score (nSPS) is 21.1. The van der Waals surface area contributed by atoms with Crippen LogP contribution in [0, 0.1) is 5.92 Å². The fourth-order valence-electron chi connectivity index (χ4n) is 2.96. The topological polar surface area (TPSA) is 20.2 Å². The highest BCUT2D eigenvalue weighted by Gasteiger charge is 2.33. The second kappa shape index (κ2) is 4.56. The number of allylic oxidation sites excluding steroid dienone is 2. The smallest absolute Gasteiger partial charge is 0.119 e. The van der Waals surface area contributed by atoms with Crippen molar-refractivity contribution in [2.75, 3.05) is 0 Å². The Bertz CT molecular complexity index is 429. The molecule has 2 rings (SSSR count). The molecule has 0 saturated carbocycles. The van der Waals surface area contributed by atoms with E-state index in [1.807, 2.05) is 12.1 Å². The van der Waals surface area contributed by atoms with Gasteiger partial charge in [-0.1, -0.05) is 43.7 Å². The van der Waals surface area contributed by atoms with Gasteiger partial charge in [-0.3, -0.25) is 0 Å². The summed E-state index contributed by atoms with van der Waals surface area (Å²) >= 11 is 0. The number of rotatable bonds is 2. The average Bonchev–Trinajstić information content (AvgIpc) is 2.29. The Balaban J connectivity index is 2.30. The molecule has 1 heteroatoms. The molecule has 0 bridgehead atoms. The molecule has 1 N–H and O–H groups in total. The third-order valence-electron chi connectivity index (χ3n) is 4.20. The molecule has 1 aliphatic rings. The van der Waals surface area contributed by atoms with Crippen molar-refractivity contribution in [3.05, 3.63) is 41.5 Å². The van der Waals surface area contributed by atoms with Crippen LogP contribution >= 0.6 is 0 Å². The maximum absolute atomic E-state index is 10.0. The molecule has 0 aromatic heterocycles. The molecule has 0 spiro atoms. The summed E-state index contributed by atoms with van der Waals surface area (Å²) in [5.41, 5.74) is 2.62. The van der Waals surface area contributed by atoms with Crippen molar-refractivity contribution in [1.29, 1.82) is 0 Å². The molecule has 92 valence electrons. The van der Waals surface area contributed by atoms with E-state index in [1.165, 1.54) is 18.4 Å². The second-order valence-corrected chi connectivity index (χ2v) is 5.77. The molecule has 1 atom stereocenters. The number of phenols is 1. The first-order valence-electron chi connectivity index (χ1n) is 6.46. The Labute approximate surface area is 104 Å². The van der Waals surface area contributed by atoms with Gasteiger partial charge >= 0.3 is 0 Å². The molecule has 1 unspecified atom stereocenters. The van der Waals surface area contributed by atoms with Crippen LogP contribution in [0.5, 0.6) is 5.75 Å². The predicted molar refractivity (Wildman–Crippen MR) is 72.2 cm³/mol. The highest BCUT2D eigenvalue weighted by molar-refractivity contribution is 5.38. The fraction of sp³-hybridized carbons (Fsp3) is 0.500.